The van der Waals surface area contributed by atoms with Crippen LogP contribution in [0.4, 0.5) is 23.2 Å². The maximum atomic E-state index is 13.5. The molecule has 3 aromatic carbocycles. The Morgan fingerprint density at radius 3 is 2.62 bits per heavy atom. The van der Waals surface area contributed by atoms with Crippen LogP contribution in [0.15, 0.2) is 67.0 Å². The van der Waals surface area contributed by atoms with Gasteiger partial charge in [-0.1, -0.05) is 12.1 Å². The van der Waals surface area contributed by atoms with Crippen LogP contribution in [-0.2, 0) is 17.5 Å². The van der Waals surface area contributed by atoms with Crippen molar-refractivity contribution in [2.45, 2.75) is 12.8 Å². The molecule has 4 aromatic rings. The zero-order valence-electron chi connectivity index (χ0n) is 17.7. The van der Waals surface area contributed by atoms with E-state index >= 15 is 0 Å². The van der Waals surface area contributed by atoms with Gasteiger partial charge in [-0.3, -0.25) is 4.79 Å². The lowest BCUT2D eigenvalue weighted by Gasteiger charge is -2.12. The second kappa shape index (κ2) is 9.44. The maximum absolute atomic E-state index is 13.5. The third-order valence-corrected chi connectivity index (χ3v) is 4.84. The van der Waals surface area contributed by atoms with Gasteiger partial charge < -0.3 is 14.8 Å². The van der Waals surface area contributed by atoms with E-state index in [1.54, 1.807) is 43.5 Å². The predicted octanol–water partition coefficient (Wildman–Crippen LogP) is 5.98. The molecule has 174 valence electrons. The predicted molar refractivity (Wildman–Crippen MR) is 116 cm³/mol. The lowest BCUT2D eigenvalue weighted by Crippen LogP contribution is -2.14. The number of amides is 1. The highest BCUT2D eigenvalue weighted by Gasteiger charge is 2.34. The summed E-state index contributed by atoms with van der Waals surface area (Å²) in [5.41, 5.74) is -0.761. The van der Waals surface area contributed by atoms with E-state index in [1.165, 1.54) is 12.4 Å². The third kappa shape index (κ3) is 5.12. The molecular weight excluding hydrogens is 454 g/mol. The number of alkyl halides is 3. The third-order valence-electron chi connectivity index (χ3n) is 4.84. The maximum Gasteiger partial charge on any atom is 0.419 e. The Kier molecular flexibility index (Phi) is 6.42. The van der Waals surface area contributed by atoms with Crippen molar-refractivity contribution in [3.05, 3.63) is 89.6 Å². The molecule has 1 N–H and O–H groups in total. The van der Waals surface area contributed by atoms with Gasteiger partial charge in [0.1, 0.15) is 17.9 Å². The Balaban J connectivity index is 1.58. The van der Waals surface area contributed by atoms with Gasteiger partial charge in [-0.25, -0.2) is 14.4 Å². The minimum absolute atomic E-state index is 0.175. The zero-order valence-corrected chi connectivity index (χ0v) is 17.7. The van der Waals surface area contributed by atoms with Gasteiger partial charge in [0.05, 0.1) is 17.9 Å². The van der Waals surface area contributed by atoms with Crippen molar-refractivity contribution in [1.82, 2.24) is 9.97 Å². The summed E-state index contributed by atoms with van der Waals surface area (Å²) in [5.74, 6) is -1.28. The zero-order chi connectivity index (χ0) is 24.3. The largest absolute Gasteiger partial charge is 0.439 e. The lowest BCUT2D eigenvalue weighted by atomic mass is 10.0. The van der Waals surface area contributed by atoms with Crippen molar-refractivity contribution in [1.29, 1.82) is 0 Å². The number of aromatic nitrogens is 2. The van der Waals surface area contributed by atoms with E-state index in [-0.39, 0.29) is 11.3 Å². The van der Waals surface area contributed by atoms with Crippen molar-refractivity contribution < 1.29 is 31.8 Å². The molecule has 0 aliphatic rings. The summed E-state index contributed by atoms with van der Waals surface area (Å²) in [5, 5.41) is 3.61. The molecule has 0 aliphatic heterocycles. The van der Waals surface area contributed by atoms with Crippen LogP contribution in [0.25, 0.3) is 10.8 Å². The molecule has 0 saturated heterocycles. The topological polar surface area (TPSA) is 73.3 Å². The summed E-state index contributed by atoms with van der Waals surface area (Å²) in [6.07, 6.45) is -3.53. The number of halogens is 4. The van der Waals surface area contributed by atoms with Gasteiger partial charge in [-0.2, -0.15) is 13.2 Å². The number of benzene rings is 3. The second-order valence-electron chi connectivity index (χ2n) is 7.22. The first-order chi connectivity index (χ1) is 16.2. The highest BCUT2D eigenvalue weighted by Crippen LogP contribution is 2.33. The average Bonchev–Trinajstić information content (AvgIpc) is 2.79. The number of nitrogens with one attached hydrogen (secondary N) is 1. The van der Waals surface area contributed by atoms with Gasteiger partial charge in [0.15, 0.2) is 0 Å². The van der Waals surface area contributed by atoms with Gasteiger partial charge in [0, 0.05) is 24.4 Å². The molecular formula is C24H17F4N3O3. The smallest absolute Gasteiger partial charge is 0.419 e. The van der Waals surface area contributed by atoms with Crippen molar-refractivity contribution in [2.24, 2.45) is 0 Å². The van der Waals surface area contributed by atoms with E-state index in [4.69, 9.17) is 9.47 Å². The van der Waals surface area contributed by atoms with Crippen LogP contribution in [0.2, 0.25) is 0 Å². The van der Waals surface area contributed by atoms with Gasteiger partial charge >= 0.3 is 6.18 Å². The number of hydrogen-bond donors (Lipinski definition) is 1. The van der Waals surface area contributed by atoms with Crippen molar-refractivity contribution >= 4 is 22.4 Å². The Morgan fingerprint density at radius 1 is 1.03 bits per heavy atom. The lowest BCUT2D eigenvalue weighted by molar-refractivity contribution is -0.139. The van der Waals surface area contributed by atoms with Crippen LogP contribution in [0, 0.1) is 5.82 Å². The Labute approximate surface area is 191 Å². The average molecular weight is 471 g/mol. The van der Waals surface area contributed by atoms with Crippen molar-refractivity contribution in [3.63, 3.8) is 0 Å². The molecule has 1 amide bonds. The molecule has 34 heavy (non-hydrogen) atoms. The van der Waals surface area contributed by atoms with Crippen LogP contribution in [0.3, 0.4) is 0 Å². The fourth-order valence-corrected chi connectivity index (χ4v) is 3.32. The minimum Gasteiger partial charge on any atom is -0.439 e. The number of carbonyl (C=O) groups is 1. The molecule has 0 saturated carbocycles. The molecule has 6 nitrogen and oxygen atoms in total. The van der Waals surface area contributed by atoms with Crippen LogP contribution in [0.5, 0.6) is 11.6 Å². The van der Waals surface area contributed by atoms with E-state index in [2.05, 4.69) is 15.3 Å². The molecule has 0 fully saturated rings. The number of nitrogens with zero attached hydrogens (tertiary/aromatic N) is 2. The second-order valence-corrected chi connectivity index (χ2v) is 7.22. The molecule has 0 unspecified atom stereocenters. The van der Waals surface area contributed by atoms with Crippen LogP contribution >= 0.6 is 0 Å². The highest BCUT2D eigenvalue weighted by atomic mass is 19.4. The highest BCUT2D eigenvalue weighted by molar-refractivity contribution is 6.13. The Hall–Kier alpha value is -4.05. The van der Waals surface area contributed by atoms with E-state index in [1.807, 2.05) is 0 Å². The van der Waals surface area contributed by atoms with E-state index in [0.717, 1.165) is 6.07 Å². The normalized spacial score (nSPS) is 11.4. The number of fused-ring (bicyclic) bond motifs is 1. The number of rotatable bonds is 6. The number of anilines is 1. The van der Waals surface area contributed by atoms with E-state index in [0.29, 0.717) is 46.8 Å². The summed E-state index contributed by atoms with van der Waals surface area (Å²) in [6.45, 7) is 0.299. The molecule has 0 spiro atoms. The van der Waals surface area contributed by atoms with Gasteiger partial charge in [-0.15, -0.1) is 0 Å². The number of methoxy groups -OCH3 is 1. The number of ether oxygens (including phenoxy) is 2. The molecule has 0 atom stereocenters. The van der Waals surface area contributed by atoms with Crippen molar-refractivity contribution in [2.75, 3.05) is 12.4 Å². The SMILES string of the molecule is COCc1cc(Oc2ccc3c(C(=O)Nc4ccc(F)c(C(F)(F)F)c4)cccc3c2)ncn1. The first kappa shape index (κ1) is 23.1. The Morgan fingerprint density at radius 2 is 1.85 bits per heavy atom. The van der Waals surface area contributed by atoms with Gasteiger partial charge in [0.25, 0.3) is 5.91 Å². The molecule has 0 aliphatic carbocycles. The summed E-state index contributed by atoms with van der Waals surface area (Å²) < 4.78 is 63.3. The summed E-state index contributed by atoms with van der Waals surface area (Å²) in [4.78, 5) is 20.9. The van der Waals surface area contributed by atoms with Crippen LogP contribution < -0.4 is 10.1 Å². The van der Waals surface area contributed by atoms with Crippen LogP contribution in [0.1, 0.15) is 21.6 Å². The van der Waals surface area contributed by atoms with Crippen LogP contribution in [-0.4, -0.2) is 23.0 Å². The fourth-order valence-electron chi connectivity index (χ4n) is 3.32. The standard InChI is InChI=1S/C24H17F4N3O3/c1-33-12-16-11-22(30-13-29-16)34-17-6-7-18-14(9-17)3-2-4-19(18)23(32)31-15-5-8-21(25)20(10-15)24(26,27)28/h2-11,13H,12H2,1H3,(H,31,32). The molecule has 4 rings (SSSR count). The molecule has 1 heterocycles. The monoisotopic (exact) mass is 471 g/mol. The first-order valence-corrected chi connectivity index (χ1v) is 9.93. The van der Waals surface area contributed by atoms with Gasteiger partial charge in [0.2, 0.25) is 5.88 Å². The van der Waals surface area contributed by atoms with E-state index in [9.17, 15) is 22.4 Å². The number of hydrogen-bond acceptors (Lipinski definition) is 5. The van der Waals surface area contributed by atoms with Gasteiger partial charge in [-0.05, 0) is 53.2 Å². The van der Waals surface area contributed by atoms with Crippen molar-refractivity contribution in [3.8, 4) is 11.6 Å². The number of carbonyl (C=O) groups excluding carboxylic acids is 1. The van der Waals surface area contributed by atoms with E-state index < -0.39 is 23.5 Å². The quantitative estimate of drug-likeness (QED) is 0.350. The summed E-state index contributed by atoms with van der Waals surface area (Å²) in [7, 11) is 1.55. The fraction of sp³-hybridized carbons (Fsp3) is 0.125. The molecule has 0 radical (unpaired) electrons. The molecule has 10 heteroatoms. The molecule has 1 aromatic heterocycles. The molecule has 0 bridgehead atoms. The summed E-state index contributed by atoms with van der Waals surface area (Å²) in [6, 6.07) is 13.8. The Bertz CT molecular complexity index is 1360. The summed E-state index contributed by atoms with van der Waals surface area (Å²) >= 11 is 0. The minimum atomic E-state index is -4.88. The first-order valence-electron chi connectivity index (χ1n) is 9.93.